The molecular formula is C11H15F2NO4S. The maximum atomic E-state index is 13.8. The van der Waals surface area contributed by atoms with Crippen molar-refractivity contribution in [1.82, 2.24) is 4.72 Å². The minimum atomic E-state index is -4.08. The summed E-state index contributed by atoms with van der Waals surface area (Å²) >= 11 is 0. The van der Waals surface area contributed by atoms with Gasteiger partial charge in [0.2, 0.25) is 10.0 Å². The molecule has 2 N–H and O–H groups in total. The second-order valence-corrected chi connectivity index (χ2v) is 5.48. The van der Waals surface area contributed by atoms with Gasteiger partial charge in [0.05, 0.1) is 12.2 Å². The van der Waals surface area contributed by atoms with E-state index in [4.69, 9.17) is 9.84 Å². The van der Waals surface area contributed by atoms with Crippen LogP contribution in [-0.2, 0) is 21.4 Å². The monoisotopic (exact) mass is 295 g/mol. The van der Waals surface area contributed by atoms with Crippen molar-refractivity contribution in [3.8, 4) is 0 Å². The average molecular weight is 295 g/mol. The largest absolute Gasteiger partial charge is 0.391 e. The van der Waals surface area contributed by atoms with Crippen LogP contribution in [-0.4, -0.2) is 33.8 Å². The second kappa shape index (κ2) is 6.90. The first-order chi connectivity index (χ1) is 8.94. The number of hydrogen-bond donors (Lipinski definition) is 2. The van der Waals surface area contributed by atoms with Crippen molar-refractivity contribution < 1.29 is 27.0 Å². The van der Waals surface area contributed by atoms with E-state index in [-0.39, 0.29) is 6.54 Å². The molecule has 0 aliphatic rings. The van der Waals surface area contributed by atoms with E-state index < -0.39 is 38.7 Å². The third-order valence-corrected chi connectivity index (χ3v) is 3.89. The van der Waals surface area contributed by atoms with Crippen molar-refractivity contribution >= 4 is 10.0 Å². The van der Waals surface area contributed by atoms with Crippen LogP contribution in [0.3, 0.4) is 0 Å². The van der Waals surface area contributed by atoms with Crippen molar-refractivity contribution in [3.05, 3.63) is 29.3 Å². The number of aliphatic hydroxyl groups excluding tert-OH is 1. The van der Waals surface area contributed by atoms with Crippen LogP contribution in [0.4, 0.5) is 8.78 Å². The van der Waals surface area contributed by atoms with E-state index in [1.807, 2.05) is 0 Å². The summed E-state index contributed by atoms with van der Waals surface area (Å²) in [6.07, 6.45) is 0.422. The minimum absolute atomic E-state index is 0.0709. The van der Waals surface area contributed by atoms with Crippen LogP contribution in [0.1, 0.15) is 12.0 Å². The smallest absolute Gasteiger partial charge is 0.243 e. The van der Waals surface area contributed by atoms with Gasteiger partial charge in [-0.2, -0.15) is 0 Å². The van der Waals surface area contributed by atoms with Gasteiger partial charge < -0.3 is 9.84 Å². The number of benzene rings is 1. The first-order valence-corrected chi connectivity index (χ1v) is 6.98. The highest BCUT2D eigenvalue weighted by molar-refractivity contribution is 7.89. The molecule has 5 nitrogen and oxygen atoms in total. The SMILES string of the molecule is COCCCNS(=O)(=O)c1ccc(F)c(CO)c1F. The van der Waals surface area contributed by atoms with Gasteiger partial charge in [0, 0.05) is 20.3 Å². The van der Waals surface area contributed by atoms with Crippen LogP contribution in [0, 0.1) is 11.6 Å². The van der Waals surface area contributed by atoms with E-state index in [1.165, 1.54) is 7.11 Å². The molecule has 19 heavy (non-hydrogen) atoms. The Kier molecular flexibility index (Phi) is 5.80. The van der Waals surface area contributed by atoms with Gasteiger partial charge in [0.1, 0.15) is 10.7 Å². The molecule has 0 unspecified atom stereocenters. The summed E-state index contributed by atoms with van der Waals surface area (Å²) in [6, 6.07) is 1.63. The highest BCUT2D eigenvalue weighted by Crippen LogP contribution is 2.20. The number of ether oxygens (including phenoxy) is 1. The number of rotatable bonds is 7. The van der Waals surface area contributed by atoms with Crippen molar-refractivity contribution in [2.75, 3.05) is 20.3 Å². The third-order valence-electron chi connectivity index (χ3n) is 2.42. The predicted molar refractivity (Wildman–Crippen MR) is 64.0 cm³/mol. The summed E-state index contributed by atoms with van der Waals surface area (Å²) in [5.74, 6) is -2.26. The van der Waals surface area contributed by atoms with Gasteiger partial charge in [-0.05, 0) is 18.6 Å². The topological polar surface area (TPSA) is 75.6 Å². The van der Waals surface area contributed by atoms with Crippen LogP contribution in [0.2, 0.25) is 0 Å². The van der Waals surface area contributed by atoms with E-state index in [0.29, 0.717) is 13.0 Å². The Hall–Kier alpha value is -1.09. The Morgan fingerprint density at radius 3 is 2.63 bits per heavy atom. The average Bonchev–Trinajstić information content (AvgIpc) is 2.35. The summed E-state index contributed by atoms with van der Waals surface area (Å²) in [5.41, 5.74) is -0.667. The summed E-state index contributed by atoms with van der Waals surface area (Å²) in [7, 11) is -2.61. The highest BCUT2D eigenvalue weighted by atomic mass is 32.2. The number of nitrogens with one attached hydrogen (secondary N) is 1. The summed E-state index contributed by atoms with van der Waals surface area (Å²) in [4.78, 5) is -0.685. The predicted octanol–water partition coefficient (Wildman–Crippen LogP) is 0.772. The summed E-state index contributed by atoms with van der Waals surface area (Å²) < 4.78 is 57.4. The fourth-order valence-electron chi connectivity index (χ4n) is 1.43. The molecule has 8 heteroatoms. The normalized spacial score (nSPS) is 11.8. The first kappa shape index (κ1) is 16.0. The van der Waals surface area contributed by atoms with Crippen LogP contribution >= 0.6 is 0 Å². The minimum Gasteiger partial charge on any atom is -0.391 e. The molecule has 0 heterocycles. The Morgan fingerprint density at radius 2 is 2.05 bits per heavy atom. The van der Waals surface area contributed by atoms with Crippen LogP contribution < -0.4 is 4.72 Å². The maximum Gasteiger partial charge on any atom is 0.243 e. The van der Waals surface area contributed by atoms with E-state index in [2.05, 4.69) is 4.72 Å². The van der Waals surface area contributed by atoms with E-state index in [1.54, 1.807) is 0 Å². The molecule has 0 aromatic heterocycles. The molecule has 0 saturated heterocycles. The molecule has 0 amide bonds. The van der Waals surface area contributed by atoms with E-state index in [0.717, 1.165) is 12.1 Å². The van der Waals surface area contributed by atoms with Crippen molar-refractivity contribution in [2.45, 2.75) is 17.9 Å². The summed E-state index contributed by atoms with van der Waals surface area (Å²) in [5, 5.41) is 8.82. The first-order valence-electron chi connectivity index (χ1n) is 5.50. The van der Waals surface area contributed by atoms with Crippen LogP contribution in [0.15, 0.2) is 17.0 Å². The Morgan fingerprint density at radius 1 is 1.37 bits per heavy atom. The Labute approximate surface area is 110 Å². The molecule has 108 valence electrons. The zero-order valence-corrected chi connectivity index (χ0v) is 11.1. The van der Waals surface area contributed by atoms with Gasteiger partial charge >= 0.3 is 0 Å². The van der Waals surface area contributed by atoms with Gasteiger partial charge in [0.25, 0.3) is 0 Å². The Bertz CT molecular complexity index is 534. The van der Waals surface area contributed by atoms with Crippen molar-refractivity contribution in [3.63, 3.8) is 0 Å². The second-order valence-electron chi connectivity index (χ2n) is 3.74. The molecule has 0 atom stereocenters. The lowest BCUT2D eigenvalue weighted by atomic mass is 10.2. The van der Waals surface area contributed by atoms with Crippen LogP contribution in [0.5, 0.6) is 0 Å². The van der Waals surface area contributed by atoms with Gasteiger partial charge in [0.15, 0.2) is 5.82 Å². The van der Waals surface area contributed by atoms with Crippen molar-refractivity contribution in [1.29, 1.82) is 0 Å². The molecular weight excluding hydrogens is 280 g/mol. The molecule has 1 rings (SSSR count). The molecule has 0 bridgehead atoms. The Balaban J connectivity index is 2.96. The summed E-state index contributed by atoms with van der Waals surface area (Å²) in [6.45, 7) is -0.484. The number of halogens is 2. The third kappa shape index (κ3) is 3.93. The van der Waals surface area contributed by atoms with Gasteiger partial charge in [-0.3, -0.25) is 0 Å². The number of sulfonamides is 1. The lowest BCUT2D eigenvalue weighted by molar-refractivity contribution is 0.196. The zero-order chi connectivity index (χ0) is 14.5. The zero-order valence-electron chi connectivity index (χ0n) is 10.3. The van der Waals surface area contributed by atoms with E-state index in [9.17, 15) is 17.2 Å². The van der Waals surface area contributed by atoms with Crippen LogP contribution in [0.25, 0.3) is 0 Å². The number of methoxy groups -OCH3 is 1. The van der Waals surface area contributed by atoms with Crippen molar-refractivity contribution in [2.24, 2.45) is 0 Å². The fourth-order valence-corrected chi connectivity index (χ4v) is 2.60. The molecule has 1 aromatic rings. The maximum absolute atomic E-state index is 13.8. The van der Waals surface area contributed by atoms with Gasteiger partial charge in [-0.1, -0.05) is 0 Å². The van der Waals surface area contributed by atoms with Gasteiger partial charge in [-0.15, -0.1) is 0 Å². The number of hydrogen-bond acceptors (Lipinski definition) is 4. The lowest BCUT2D eigenvalue weighted by Crippen LogP contribution is -2.26. The van der Waals surface area contributed by atoms with Gasteiger partial charge in [-0.25, -0.2) is 21.9 Å². The standard InChI is InChI=1S/C11H15F2NO4S/c1-18-6-2-5-14-19(16,17)10-4-3-9(12)8(7-15)11(10)13/h3-4,14-15H,2,5-7H2,1H3. The van der Waals surface area contributed by atoms with E-state index >= 15 is 0 Å². The lowest BCUT2D eigenvalue weighted by Gasteiger charge is -2.10. The molecule has 0 saturated carbocycles. The molecule has 1 aromatic carbocycles. The quantitative estimate of drug-likeness (QED) is 0.729. The molecule has 0 radical (unpaired) electrons. The molecule has 0 aliphatic carbocycles. The number of aliphatic hydroxyl groups is 1. The molecule has 0 spiro atoms. The molecule has 0 fully saturated rings. The highest BCUT2D eigenvalue weighted by Gasteiger charge is 2.22. The fraction of sp³-hybridized carbons (Fsp3) is 0.455. The molecule has 0 aliphatic heterocycles.